The van der Waals surface area contributed by atoms with Crippen LogP contribution in [-0.2, 0) is 6.42 Å². The first kappa shape index (κ1) is 15.9. The van der Waals surface area contributed by atoms with Gasteiger partial charge in [-0.1, -0.05) is 6.07 Å². The molecule has 0 amide bonds. The van der Waals surface area contributed by atoms with E-state index in [0.717, 1.165) is 51.6 Å². The van der Waals surface area contributed by atoms with Crippen molar-refractivity contribution in [1.82, 2.24) is 9.88 Å². The average molecular weight is 317 g/mol. The Labute approximate surface area is 135 Å². The van der Waals surface area contributed by atoms with Crippen LogP contribution in [0.5, 0.6) is 0 Å². The van der Waals surface area contributed by atoms with Crippen LogP contribution in [0.25, 0.3) is 0 Å². The highest BCUT2D eigenvalue weighted by atomic mass is 19.1. The Morgan fingerprint density at radius 2 is 1.87 bits per heavy atom. The topological polar surface area (TPSA) is 19.4 Å². The van der Waals surface area contributed by atoms with Crippen LogP contribution in [0.15, 0.2) is 42.7 Å². The normalized spacial score (nSPS) is 15.8. The summed E-state index contributed by atoms with van der Waals surface area (Å²) in [6.07, 6.45) is 5.82. The van der Waals surface area contributed by atoms with E-state index in [1.165, 1.54) is 17.7 Å². The summed E-state index contributed by atoms with van der Waals surface area (Å²) in [6.45, 7) is 4.40. The molecular weight excluding hydrogens is 296 g/mol. The lowest BCUT2D eigenvalue weighted by atomic mass is 10.1. The predicted molar refractivity (Wildman–Crippen MR) is 87.6 cm³/mol. The zero-order valence-corrected chi connectivity index (χ0v) is 13.1. The van der Waals surface area contributed by atoms with Gasteiger partial charge in [0.05, 0.1) is 5.69 Å². The first-order chi connectivity index (χ1) is 11.2. The van der Waals surface area contributed by atoms with E-state index in [4.69, 9.17) is 0 Å². The SMILES string of the molecule is Fc1ccc(N2CCN(CCCc3cccnc3)CC2)c(F)c1. The van der Waals surface area contributed by atoms with Crippen molar-refractivity contribution in [2.24, 2.45) is 0 Å². The number of aryl methyl sites for hydroxylation is 1. The van der Waals surface area contributed by atoms with Crippen LogP contribution in [0.4, 0.5) is 14.5 Å². The van der Waals surface area contributed by atoms with Crippen LogP contribution in [0.3, 0.4) is 0 Å². The van der Waals surface area contributed by atoms with Crippen molar-refractivity contribution in [3.05, 3.63) is 59.9 Å². The summed E-state index contributed by atoms with van der Waals surface area (Å²) in [4.78, 5) is 8.52. The lowest BCUT2D eigenvalue weighted by Gasteiger charge is -2.36. The minimum atomic E-state index is -0.528. The summed E-state index contributed by atoms with van der Waals surface area (Å²) in [7, 11) is 0. The second kappa shape index (κ2) is 7.51. The van der Waals surface area contributed by atoms with E-state index < -0.39 is 11.6 Å². The van der Waals surface area contributed by atoms with Crippen molar-refractivity contribution >= 4 is 5.69 Å². The van der Waals surface area contributed by atoms with Gasteiger partial charge >= 0.3 is 0 Å². The highest BCUT2D eigenvalue weighted by Crippen LogP contribution is 2.21. The predicted octanol–water partition coefficient (Wildman–Crippen LogP) is 3.11. The molecule has 0 bridgehead atoms. The van der Waals surface area contributed by atoms with Gasteiger partial charge in [0.15, 0.2) is 0 Å². The zero-order chi connectivity index (χ0) is 16.1. The number of hydrogen-bond donors (Lipinski definition) is 0. The van der Waals surface area contributed by atoms with Gasteiger partial charge < -0.3 is 4.90 Å². The third-order valence-electron chi connectivity index (χ3n) is 4.29. The molecule has 0 aliphatic carbocycles. The molecule has 1 fully saturated rings. The lowest BCUT2D eigenvalue weighted by molar-refractivity contribution is 0.254. The fraction of sp³-hybridized carbons (Fsp3) is 0.389. The molecule has 23 heavy (non-hydrogen) atoms. The summed E-state index contributed by atoms with van der Waals surface area (Å²) in [5.74, 6) is -1.00. The van der Waals surface area contributed by atoms with Crippen molar-refractivity contribution in [3.8, 4) is 0 Å². The van der Waals surface area contributed by atoms with Crippen molar-refractivity contribution < 1.29 is 8.78 Å². The molecule has 122 valence electrons. The number of rotatable bonds is 5. The van der Waals surface area contributed by atoms with E-state index in [0.29, 0.717) is 5.69 Å². The van der Waals surface area contributed by atoms with Gasteiger partial charge in [-0.05, 0) is 43.1 Å². The minimum absolute atomic E-state index is 0.477. The van der Waals surface area contributed by atoms with Gasteiger partial charge in [-0.3, -0.25) is 9.88 Å². The molecule has 3 rings (SSSR count). The van der Waals surface area contributed by atoms with E-state index in [1.54, 1.807) is 6.20 Å². The van der Waals surface area contributed by atoms with Gasteiger partial charge in [0, 0.05) is 44.6 Å². The molecule has 1 aliphatic rings. The van der Waals surface area contributed by atoms with Crippen LogP contribution in [-0.4, -0.2) is 42.6 Å². The maximum absolute atomic E-state index is 13.8. The van der Waals surface area contributed by atoms with E-state index in [-0.39, 0.29) is 0 Å². The first-order valence-electron chi connectivity index (χ1n) is 8.03. The molecular formula is C18H21F2N3. The first-order valence-corrected chi connectivity index (χ1v) is 8.03. The Balaban J connectivity index is 1.45. The highest BCUT2D eigenvalue weighted by Gasteiger charge is 2.19. The Morgan fingerprint density at radius 1 is 1.04 bits per heavy atom. The number of benzene rings is 1. The molecule has 1 aromatic heterocycles. The van der Waals surface area contributed by atoms with Gasteiger partial charge in [0.1, 0.15) is 11.6 Å². The standard InChI is InChI=1S/C18H21F2N3/c19-16-5-6-18(17(20)13-16)23-11-9-22(10-12-23)8-2-4-15-3-1-7-21-14-15/h1,3,5-7,13-14H,2,4,8-12H2. The maximum atomic E-state index is 13.8. The Kier molecular flexibility index (Phi) is 5.18. The maximum Gasteiger partial charge on any atom is 0.149 e. The minimum Gasteiger partial charge on any atom is -0.367 e. The van der Waals surface area contributed by atoms with Crippen LogP contribution in [0.2, 0.25) is 0 Å². The fourth-order valence-electron chi connectivity index (χ4n) is 3.00. The number of hydrogen-bond acceptors (Lipinski definition) is 3. The van der Waals surface area contributed by atoms with Gasteiger partial charge in [-0.15, -0.1) is 0 Å². The molecule has 1 saturated heterocycles. The quantitative estimate of drug-likeness (QED) is 0.845. The highest BCUT2D eigenvalue weighted by molar-refractivity contribution is 5.48. The fourth-order valence-corrected chi connectivity index (χ4v) is 3.00. The van der Waals surface area contributed by atoms with Gasteiger partial charge in [0.2, 0.25) is 0 Å². The monoisotopic (exact) mass is 317 g/mol. The molecule has 0 N–H and O–H groups in total. The number of nitrogens with zero attached hydrogens (tertiary/aromatic N) is 3. The number of aromatic nitrogens is 1. The summed E-state index contributed by atoms with van der Waals surface area (Å²) in [5, 5.41) is 0. The molecule has 5 heteroatoms. The van der Waals surface area contributed by atoms with Crippen molar-refractivity contribution in [3.63, 3.8) is 0 Å². The van der Waals surface area contributed by atoms with E-state index in [2.05, 4.69) is 16.0 Å². The molecule has 2 aromatic rings. The van der Waals surface area contributed by atoms with Crippen LogP contribution >= 0.6 is 0 Å². The van der Waals surface area contributed by atoms with Crippen LogP contribution in [0.1, 0.15) is 12.0 Å². The molecule has 3 nitrogen and oxygen atoms in total. The molecule has 0 atom stereocenters. The van der Waals surface area contributed by atoms with E-state index >= 15 is 0 Å². The smallest absolute Gasteiger partial charge is 0.149 e. The van der Waals surface area contributed by atoms with Gasteiger partial charge in [-0.2, -0.15) is 0 Å². The number of anilines is 1. The number of halogens is 2. The summed E-state index contributed by atoms with van der Waals surface area (Å²) >= 11 is 0. The Bertz CT molecular complexity index is 625. The third kappa shape index (κ3) is 4.26. The van der Waals surface area contributed by atoms with E-state index in [1.807, 2.05) is 17.2 Å². The summed E-state index contributed by atoms with van der Waals surface area (Å²) in [6, 6.07) is 7.87. The largest absolute Gasteiger partial charge is 0.367 e. The summed E-state index contributed by atoms with van der Waals surface area (Å²) < 4.78 is 26.8. The molecule has 0 radical (unpaired) electrons. The zero-order valence-electron chi connectivity index (χ0n) is 13.1. The molecule has 0 saturated carbocycles. The molecule has 2 heterocycles. The van der Waals surface area contributed by atoms with Gasteiger partial charge in [0.25, 0.3) is 0 Å². The molecule has 1 aromatic carbocycles. The molecule has 0 unspecified atom stereocenters. The van der Waals surface area contributed by atoms with Crippen LogP contribution < -0.4 is 4.90 Å². The Morgan fingerprint density at radius 3 is 2.57 bits per heavy atom. The van der Waals surface area contributed by atoms with Gasteiger partial charge in [-0.25, -0.2) is 8.78 Å². The van der Waals surface area contributed by atoms with Crippen molar-refractivity contribution in [1.29, 1.82) is 0 Å². The van der Waals surface area contributed by atoms with Crippen molar-refractivity contribution in [2.45, 2.75) is 12.8 Å². The molecule has 1 aliphatic heterocycles. The molecule has 0 spiro atoms. The number of pyridine rings is 1. The Hall–Kier alpha value is -2.01. The summed E-state index contributed by atoms with van der Waals surface area (Å²) in [5.41, 5.74) is 1.76. The van der Waals surface area contributed by atoms with E-state index in [9.17, 15) is 8.78 Å². The second-order valence-corrected chi connectivity index (χ2v) is 5.89. The number of piperazine rings is 1. The third-order valence-corrected chi connectivity index (χ3v) is 4.29. The second-order valence-electron chi connectivity index (χ2n) is 5.89. The lowest BCUT2D eigenvalue weighted by Crippen LogP contribution is -2.47. The van der Waals surface area contributed by atoms with Crippen LogP contribution in [0, 0.1) is 11.6 Å². The average Bonchev–Trinajstić information content (AvgIpc) is 2.57. The van der Waals surface area contributed by atoms with Crippen molar-refractivity contribution in [2.75, 3.05) is 37.6 Å².